The van der Waals surface area contributed by atoms with E-state index in [2.05, 4.69) is 0 Å². The smallest absolute Gasteiger partial charge is 0.308 e. The number of esters is 1. The average molecular weight is 158 g/mol. The van der Waals surface area contributed by atoms with E-state index in [0.717, 1.165) is 12.8 Å². The molecule has 0 aromatic rings. The fraction of sp³-hybridized carbons (Fsp3) is 0.889. The SMILES string of the molecule is CCC(CC)OC(=O)C(C)C. The van der Waals surface area contributed by atoms with Crippen LogP contribution in [-0.4, -0.2) is 12.1 Å². The standard InChI is InChI=1S/C9H18O2/c1-5-8(6-2)11-9(10)7(3)4/h7-8H,5-6H2,1-4H3. The first-order valence-electron chi connectivity index (χ1n) is 4.32. The lowest BCUT2D eigenvalue weighted by atomic mass is 10.2. The fourth-order valence-corrected chi connectivity index (χ4v) is 0.756. The van der Waals surface area contributed by atoms with E-state index in [-0.39, 0.29) is 18.0 Å². The Bertz CT molecular complexity index is 115. The van der Waals surface area contributed by atoms with E-state index >= 15 is 0 Å². The lowest BCUT2D eigenvalue weighted by Crippen LogP contribution is -2.20. The number of carbonyl (C=O) groups excluding carboxylic acids is 1. The first kappa shape index (κ1) is 10.5. The Morgan fingerprint density at radius 2 is 1.73 bits per heavy atom. The van der Waals surface area contributed by atoms with Gasteiger partial charge in [-0.25, -0.2) is 0 Å². The van der Waals surface area contributed by atoms with E-state index in [0.29, 0.717) is 0 Å². The molecular weight excluding hydrogens is 140 g/mol. The van der Waals surface area contributed by atoms with Crippen LogP contribution in [0.25, 0.3) is 0 Å². The predicted octanol–water partition coefficient (Wildman–Crippen LogP) is 2.37. The molecule has 0 N–H and O–H groups in total. The van der Waals surface area contributed by atoms with Gasteiger partial charge in [0.25, 0.3) is 0 Å². The highest BCUT2D eigenvalue weighted by atomic mass is 16.5. The minimum Gasteiger partial charge on any atom is -0.462 e. The molecule has 0 saturated heterocycles. The molecule has 0 spiro atoms. The molecule has 0 heterocycles. The van der Waals surface area contributed by atoms with Crippen LogP contribution in [0, 0.1) is 5.92 Å². The van der Waals surface area contributed by atoms with Crippen molar-refractivity contribution in [3.63, 3.8) is 0 Å². The Kier molecular flexibility index (Phi) is 4.92. The zero-order valence-corrected chi connectivity index (χ0v) is 7.89. The molecule has 0 aliphatic carbocycles. The summed E-state index contributed by atoms with van der Waals surface area (Å²) >= 11 is 0. The Balaban J connectivity index is 3.72. The summed E-state index contributed by atoms with van der Waals surface area (Å²) < 4.78 is 5.17. The molecule has 0 aliphatic heterocycles. The van der Waals surface area contributed by atoms with Crippen molar-refractivity contribution < 1.29 is 9.53 Å². The van der Waals surface area contributed by atoms with Gasteiger partial charge in [-0.2, -0.15) is 0 Å². The van der Waals surface area contributed by atoms with Crippen molar-refractivity contribution in [3.05, 3.63) is 0 Å². The minimum absolute atomic E-state index is 0.00407. The van der Waals surface area contributed by atoms with Crippen LogP contribution in [0.5, 0.6) is 0 Å². The molecule has 0 unspecified atom stereocenters. The van der Waals surface area contributed by atoms with Crippen molar-refractivity contribution in [2.24, 2.45) is 5.92 Å². The van der Waals surface area contributed by atoms with Gasteiger partial charge in [0.2, 0.25) is 0 Å². The van der Waals surface area contributed by atoms with Crippen molar-refractivity contribution in [2.75, 3.05) is 0 Å². The molecule has 0 saturated carbocycles. The molecular formula is C9H18O2. The van der Waals surface area contributed by atoms with Crippen molar-refractivity contribution in [3.8, 4) is 0 Å². The lowest BCUT2D eigenvalue weighted by molar-refractivity contribution is -0.153. The third kappa shape index (κ3) is 4.02. The summed E-state index contributed by atoms with van der Waals surface area (Å²) in [5.74, 6) is -0.0886. The minimum atomic E-state index is -0.0845. The highest BCUT2D eigenvalue weighted by molar-refractivity contribution is 5.71. The van der Waals surface area contributed by atoms with Crippen LogP contribution in [0.3, 0.4) is 0 Å². The second kappa shape index (κ2) is 5.16. The molecule has 2 heteroatoms. The number of ether oxygens (including phenoxy) is 1. The number of hydrogen-bond donors (Lipinski definition) is 0. The number of carbonyl (C=O) groups is 1. The summed E-state index contributed by atoms with van der Waals surface area (Å²) in [4.78, 5) is 11.0. The molecule has 0 amide bonds. The van der Waals surface area contributed by atoms with Crippen LogP contribution in [0.2, 0.25) is 0 Å². The summed E-state index contributed by atoms with van der Waals surface area (Å²) in [5, 5.41) is 0. The molecule has 0 fully saturated rings. The molecule has 66 valence electrons. The largest absolute Gasteiger partial charge is 0.462 e. The van der Waals surface area contributed by atoms with Crippen LogP contribution in [-0.2, 0) is 9.53 Å². The van der Waals surface area contributed by atoms with Gasteiger partial charge < -0.3 is 4.74 Å². The number of hydrogen-bond acceptors (Lipinski definition) is 2. The molecule has 0 aromatic heterocycles. The molecule has 0 bridgehead atoms. The second-order valence-electron chi connectivity index (χ2n) is 3.03. The van der Waals surface area contributed by atoms with E-state index in [4.69, 9.17) is 4.74 Å². The topological polar surface area (TPSA) is 26.3 Å². The van der Waals surface area contributed by atoms with Crippen molar-refractivity contribution in [1.29, 1.82) is 0 Å². The molecule has 2 nitrogen and oxygen atoms in total. The third-order valence-corrected chi connectivity index (χ3v) is 1.66. The fourth-order valence-electron chi connectivity index (χ4n) is 0.756. The van der Waals surface area contributed by atoms with Gasteiger partial charge in [-0.3, -0.25) is 4.79 Å². The molecule has 0 aliphatic rings. The summed E-state index contributed by atoms with van der Waals surface area (Å²) in [6, 6.07) is 0. The second-order valence-corrected chi connectivity index (χ2v) is 3.03. The van der Waals surface area contributed by atoms with Gasteiger partial charge in [0.15, 0.2) is 0 Å². The van der Waals surface area contributed by atoms with E-state index < -0.39 is 0 Å². The third-order valence-electron chi connectivity index (χ3n) is 1.66. The zero-order chi connectivity index (χ0) is 8.85. The van der Waals surface area contributed by atoms with Gasteiger partial charge in [-0.05, 0) is 12.8 Å². The Morgan fingerprint density at radius 1 is 1.27 bits per heavy atom. The van der Waals surface area contributed by atoms with E-state index in [1.807, 2.05) is 27.7 Å². The first-order chi connectivity index (χ1) is 5.11. The highest BCUT2D eigenvalue weighted by Gasteiger charge is 2.13. The normalized spacial score (nSPS) is 10.7. The van der Waals surface area contributed by atoms with Crippen molar-refractivity contribution in [2.45, 2.75) is 46.6 Å². The van der Waals surface area contributed by atoms with Gasteiger partial charge in [-0.15, -0.1) is 0 Å². The maximum atomic E-state index is 11.0. The maximum Gasteiger partial charge on any atom is 0.308 e. The Morgan fingerprint density at radius 3 is 2.00 bits per heavy atom. The van der Waals surface area contributed by atoms with E-state index in [9.17, 15) is 4.79 Å². The van der Waals surface area contributed by atoms with Gasteiger partial charge in [0.05, 0.1) is 5.92 Å². The van der Waals surface area contributed by atoms with Gasteiger partial charge in [0.1, 0.15) is 6.10 Å². The Hall–Kier alpha value is -0.530. The Labute approximate surface area is 68.9 Å². The van der Waals surface area contributed by atoms with Gasteiger partial charge in [0, 0.05) is 0 Å². The van der Waals surface area contributed by atoms with Crippen LogP contribution in [0.1, 0.15) is 40.5 Å². The lowest BCUT2D eigenvalue weighted by Gasteiger charge is -2.15. The van der Waals surface area contributed by atoms with Crippen LogP contribution in [0.4, 0.5) is 0 Å². The zero-order valence-electron chi connectivity index (χ0n) is 7.89. The molecule has 0 aromatic carbocycles. The average Bonchev–Trinajstić information content (AvgIpc) is 1.99. The van der Waals surface area contributed by atoms with Gasteiger partial charge in [-0.1, -0.05) is 27.7 Å². The first-order valence-corrected chi connectivity index (χ1v) is 4.32. The summed E-state index contributed by atoms with van der Waals surface area (Å²) in [5.41, 5.74) is 0. The maximum absolute atomic E-state index is 11.0. The summed E-state index contributed by atoms with van der Waals surface area (Å²) in [6.45, 7) is 7.76. The van der Waals surface area contributed by atoms with Crippen LogP contribution in [0.15, 0.2) is 0 Å². The molecule has 11 heavy (non-hydrogen) atoms. The van der Waals surface area contributed by atoms with E-state index in [1.165, 1.54) is 0 Å². The molecule has 0 radical (unpaired) electrons. The molecule has 0 atom stereocenters. The predicted molar refractivity (Wildman–Crippen MR) is 45.3 cm³/mol. The van der Waals surface area contributed by atoms with Crippen molar-refractivity contribution >= 4 is 5.97 Å². The monoisotopic (exact) mass is 158 g/mol. The summed E-state index contributed by atoms with van der Waals surface area (Å²) in [7, 11) is 0. The van der Waals surface area contributed by atoms with Gasteiger partial charge >= 0.3 is 5.97 Å². The van der Waals surface area contributed by atoms with Crippen LogP contribution >= 0.6 is 0 Å². The van der Waals surface area contributed by atoms with E-state index in [1.54, 1.807) is 0 Å². The highest BCUT2D eigenvalue weighted by Crippen LogP contribution is 2.06. The quantitative estimate of drug-likeness (QED) is 0.587. The summed E-state index contributed by atoms with van der Waals surface area (Å²) in [6.07, 6.45) is 1.94. The van der Waals surface area contributed by atoms with Crippen molar-refractivity contribution in [1.82, 2.24) is 0 Å². The number of rotatable bonds is 4. The molecule has 0 rings (SSSR count). The van der Waals surface area contributed by atoms with Crippen LogP contribution < -0.4 is 0 Å².